The van der Waals surface area contributed by atoms with Crippen molar-refractivity contribution in [2.75, 3.05) is 10.6 Å². The fraction of sp³-hybridized carbons (Fsp3) is 0.231. The van der Waals surface area contributed by atoms with E-state index in [0.717, 1.165) is 22.7 Å². The molecule has 5 heteroatoms. The van der Waals surface area contributed by atoms with Crippen LogP contribution in [0.1, 0.15) is 18.2 Å². The van der Waals surface area contributed by atoms with Crippen molar-refractivity contribution >= 4 is 17.3 Å². The zero-order chi connectivity index (χ0) is 13.0. The summed E-state index contributed by atoms with van der Waals surface area (Å²) in [5.41, 5.74) is 2.75. The molecule has 0 fully saturated rings. The van der Waals surface area contributed by atoms with Gasteiger partial charge in [-0.2, -0.15) is 0 Å². The van der Waals surface area contributed by atoms with Crippen LogP contribution < -0.4 is 10.6 Å². The van der Waals surface area contributed by atoms with Crippen LogP contribution in [-0.4, -0.2) is 10.9 Å². The first-order chi connectivity index (χ1) is 8.65. The smallest absolute Gasteiger partial charge is 0.221 e. The third kappa shape index (κ3) is 3.10. The van der Waals surface area contributed by atoms with Crippen molar-refractivity contribution in [2.24, 2.45) is 0 Å². The molecule has 0 aliphatic heterocycles. The van der Waals surface area contributed by atoms with E-state index in [4.69, 9.17) is 4.42 Å². The Morgan fingerprint density at radius 1 is 1.44 bits per heavy atom. The molecule has 0 spiro atoms. The second-order valence-corrected chi connectivity index (χ2v) is 4.03. The number of anilines is 2. The number of oxazole rings is 1. The van der Waals surface area contributed by atoms with E-state index in [1.54, 1.807) is 6.20 Å². The van der Waals surface area contributed by atoms with Gasteiger partial charge in [-0.1, -0.05) is 6.07 Å². The number of aromatic nitrogens is 1. The summed E-state index contributed by atoms with van der Waals surface area (Å²) in [7, 11) is 0. The Balaban J connectivity index is 2.06. The van der Waals surface area contributed by atoms with E-state index < -0.39 is 0 Å². The number of carbonyl (C=O) groups excluding carboxylic acids is 1. The van der Waals surface area contributed by atoms with Crippen LogP contribution in [-0.2, 0) is 11.3 Å². The third-order valence-corrected chi connectivity index (χ3v) is 2.50. The standard InChI is InChI=1S/C13H15N3O2/c1-9-3-4-11(5-13(9)16-10(2)17)15-7-12-6-14-8-18-12/h3-6,8,15H,7H2,1-2H3,(H,16,17). The molecule has 1 amide bonds. The number of aryl methyl sites for hydroxylation is 1. The summed E-state index contributed by atoms with van der Waals surface area (Å²) in [5.74, 6) is 0.683. The Hall–Kier alpha value is -2.30. The van der Waals surface area contributed by atoms with E-state index >= 15 is 0 Å². The zero-order valence-corrected chi connectivity index (χ0v) is 10.4. The van der Waals surface area contributed by atoms with Gasteiger partial charge >= 0.3 is 0 Å². The molecule has 0 atom stereocenters. The van der Waals surface area contributed by atoms with Crippen molar-refractivity contribution < 1.29 is 9.21 Å². The minimum atomic E-state index is -0.0783. The first kappa shape index (κ1) is 12.2. The maximum Gasteiger partial charge on any atom is 0.221 e. The Kier molecular flexibility index (Phi) is 3.62. The summed E-state index contributed by atoms with van der Waals surface area (Å²) in [6.07, 6.45) is 3.06. The molecule has 0 bridgehead atoms. The molecule has 0 radical (unpaired) electrons. The molecule has 94 valence electrons. The summed E-state index contributed by atoms with van der Waals surface area (Å²) in [6.45, 7) is 4.00. The largest absolute Gasteiger partial charge is 0.447 e. The Bertz CT molecular complexity index is 535. The van der Waals surface area contributed by atoms with Crippen molar-refractivity contribution in [1.82, 2.24) is 4.98 Å². The molecule has 18 heavy (non-hydrogen) atoms. The molecule has 1 aromatic heterocycles. The maximum absolute atomic E-state index is 11.1. The van der Waals surface area contributed by atoms with Crippen molar-refractivity contribution in [3.8, 4) is 0 Å². The molecule has 0 aliphatic rings. The molecular formula is C13H15N3O2. The molecule has 0 saturated heterocycles. The second kappa shape index (κ2) is 5.35. The zero-order valence-electron chi connectivity index (χ0n) is 10.4. The SMILES string of the molecule is CC(=O)Nc1cc(NCc2cnco2)ccc1C. The van der Waals surface area contributed by atoms with Gasteiger partial charge in [0.05, 0.1) is 12.7 Å². The molecule has 2 N–H and O–H groups in total. The molecular weight excluding hydrogens is 230 g/mol. The van der Waals surface area contributed by atoms with Crippen LogP contribution in [0.5, 0.6) is 0 Å². The third-order valence-electron chi connectivity index (χ3n) is 2.50. The normalized spacial score (nSPS) is 10.1. The van der Waals surface area contributed by atoms with Gasteiger partial charge in [-0.3, -0.25) is 4.79 Å². The van der Waals surface area contributed by atoms with Gasteiger partial charge in [-0.25, -0.2) is 4.98 Å². The van der Waals surface area contributed by atoms with Gasteiger partial charge < -0.3 is 15.1 Å². The Morgan fingerprint density at radius 3 is 2.94 bits per heavy atom. The monoisotopic (exact) mass is 245 g/mol. The van der Waals surface area contributed by atoms with Crippen LogP contribution in [0.2, 0.25) is 0 Å². The van der Waals surface area contributed by atoms with Gasteiger partial charge in [0.2, 0.25) is 5.91 Å². The van der Waals surface area contributed by atoms with Gasteiger partial charge in [0, 0.05) is 18.3 Å². The lowest BCUT2D eigenvalue weighted by molar-refractivity contribution is -0.114. The molecule has 2 rings (SSSR count). The van der Waals surface area contributed by atoms with Crippen LogP contribution in [0.15, 0.2) is 35.2 Å². The Labute approximate surface area is 105 Å². The number of rotatable bonds is 4. The molecule has 5 nitrogen and oxygen atoms in total. The molecule has 0 unspecified atom stereocenters. The number of benzene rings is 1. The summed E-state index contributed by atoms with van der Waals surface area (Å²) in [6, 6.07) is 5.80. The molecule has 0 saturated carbocycles. The Morgan fingerprint density at radius 2 is 2.28 bits per heavy atom. The van der Waals surface area contributed by atoms with E-state index in [-0.39, 0.29) is 5.91 Å². The number of nitrogens with one attached hydrogen (secondary N) is 2. The van der Waals surface area contributed by atoms with Gasteiger partial charge in [0.15, 0.2) is 6.39 Å². The average Bonchev–Trinajstić information content (AvgIpc) is 2.82. The summed E-state index contributed by atoms with van der Waals surface area (Å²) < 4.78 is 5.13. The predicted molar refractivity (Wildman–Crippen MR) is 69.3 cm³/mol. The lowest BCUT2D eigenvalue weighted by Crippen LogP contribution is -2.08. The van der Waals surface area contributed by atoms with Crippen LogP contribution in [0, 0.1) is 6.92 Å². The number of hydrogen-bond donors (Lipinski definition) is 2. The van der Waals surface area contributed by atoms with E-state index in [9.17, 15) is 4.79 Å². The van der Waals surface area contributed by atoms with Crippen LogP contribution in [0.25, 0.3) is 0 Å². The number of nitrogens with zero attached hydrogens (tertiary/aromatic N) is 1. The number of carbonyl (C=O) groups is 1. The first-order valence-electron chi connectivity index (χ1n) is 5.64. The molecule has 1 aromatic carbocycles. The highest BCUT2D eigenvalue weighted by Gasteiger charge is 2.03. The highest BCUT2D eigenvalue weighted by molar-refractivity contribution is 5.90. The van der Waals surface area contributed by atoms with Crippen molar-refractivity contribution in [3.63, 3.8) is 0 Å². The highest BCUT2D eigenvalue weighted by Crippen LogP contribution is 2.20. The second-order valence-electron chi connectivity index (χ2n) is 4.03. The predicted octanol–water partition coefficient (Wildman–Crippen LogP) is 2.55. The van der Waals surface area contributed by atoms with Gasteiger partial charge in [-0.15, -0.1) is 0 Å². The molecule has 2 aromatic rings. The lowest BCUT2D eigenvalue weighted by atomic mass is 10.1. The fourth-order valence-corrected chi connectivity index (χ4v) is 1.57. The summed E-state index contributed by atoms with van der Waals surface area (Å²) in [5, 5.41) is 5.99. The first-order valence-corrected chi connectivity index (χ1v) is 5.64. The summed E-state index contributed by atoms with van der Waals surface area (Å²) >= 11 is 0. The van der Waals surface area contributed by atoms with E-state index in [1.165, 1.54) is 13.3 Å². The van der Waals surface area contributed by atoms with Crippen molar-refractivity contribution in [3.05, 3.63) is 42.1 Å². The minimum Gasteiger partial charge on any atom is -0.447 e. The van der Waals surface area contributed by atoms with Gasteiger partial charge in [-0.05, 0) is 24.6 Å². The van der Waals surface area contributed by atoms with Gasteiger partial charge in [0.25, 0.3) is 0 Å². The van der Waals surface area contributed by atoms with E-state index in [2.05, 4.69) is 15.6 Å². The molecule has 1 heterocycles. The fourth-order valence-electron chi connectivity index (χ4n) is 1.57. The maximum atomic E-state index is 11.1. The summed E-state index contributed by atoms with van der Waals surface area (Å²) in [4.78, 5) is 14.9. The molecule has 0 aliphatic carbocycles. The van der Waals surface area contributed by atoms with E-state index in [0.29, 0.717) is 6.54 Å². The van der Waals surface area contributed by atoms with Crippen LogP contribution >= 0.6 is 0 Å². The van der Waals surface area contributed by atoms with Gasteiger partial charge in [0.1, 0.15) is 5.76 Å². The van der Waals surface area contributed by atoms with E-state index in [1.807, 2.05) is 25.1 Å². The van der Waals surface area contributed by atoms with Crippen LogP contribution in [0.3, 0.4) is 0 Å². The average molecular weight is 245 g/mol. The van der Waals surface area contributed by atoms with Crippen molar-refractivity contribution in [2.45, 2.75) is 20.4 Å². The lowest BCUT2D eigenvalue weighted by Gasteiger charge is -2.10. The van der Waals surface area contributed by atoms with Crippen LogP contribution in [0.4, 0.5) is 11.4 Å². The van der Waals surface area contributed by atoms with Crippen molar-refractivity contribution in [1.29, 1.82) is 0 Å². The number of amides is 1. The highest BCUT2D eigenvalue weighted by atomic mass is 16.3. The quantitative estimate of drug-likeness (QED) is 0.868. The number of hydrogen-bond acceptors (Lipinski definition) is 4. The topological polar surface area (TPSA) is 67.2 Å². The minimum absolute atomic E-state index is 0.0783.